The van der Waals surface area contributed by atoms with Gasteiger partial charge in [0.05, 0.1) is 12.3 Å². The number of amides is 1. The molecule has 4 rings (SSSR count). The van der Waals surface area contributed by atoms with Crippen LogP contribution in [0.15, 0.2) is 77.3 Å². The minimum atomic E-state index is -3.31. The molecule has 3 N–H and O–H groups in total. The van der Waals surface area contributed by atoms with Crippen LogP contribution in [0.2, 0.25) is 0 Å². The fourth-order valence-corrected chi connectivity index (χ4v) is 5.57. The number of piperidine rings is 1. The molecule has 3 aromatic rings. The van der Waals surface area contributed by atoms with Gasteiger partial charge in [0.25, 0.3) is 0 Å². The van der Waals surface area contributed by atoms with Gasteiger partial charge in [0, 0.05) is 28.4 Å². The molecule has 1 aliphatic heterocycles. The number of hydrogen-bond acceptors (Lipinski definition) is 6. The standard InChI is InChI=1S/C30H37BrN4O4S.ClH/c1-3-4-29(30(36)33-24-9-7-23(31)8-10-24)32-25-17-19-35(20-18-25)21-22-5-13-27(14-6-22)39-28-15-11-26(12-16-28)34-40(2,37)38;/h5-16,25,29,32,34H,3-4,17-21H2,1-2H3,(H,33,36);1H. The van der Waals surface area contributed by atoms with E-state index in [4.69, 9.17) is 4.74 Å². The van der Waals surface area contributed by atoms with Crippen LogP contribution in [0.3, 0.4) is 0 Å². The number of benzene rings is 3. The van der Waals surface area contributed by atoms with E-state index in [0.717, 1.165) is 67.5 Å². The summed E-state index contributed by atoms with van der Waals surface area (Å²) in [5.41, 5.74) is 2.51. The Hall–Kier alpha value is -2.63. The topological polar surface area (TPSA) is 99.8 Å². The Morgan fingerprint density at radius 2 is 1.51 bits per heavy atom. The fourth-order valence-electron chi connectivity index (χ4n) is 4.75. The average Bonchev–Trinajstić information content (AvgIpc) is 2.92. The van der Waals surface area contributed by atoms with Crippen LogP contribution in [-0.4, -0.2) is 50.7 Å². The number of sulfonamides is 1. The van der Waals surface area contributed by atoms with Crippen LogP contribution in [-0.2, 0) is 21.4 Å². The molecule has 3 aromatic carbocycles. The van der Waals surface area contributed by atoms with Crippen LogP contribution in [0.5, 0.6) is 11.5 Å². The first-order valence-electron chi connectivity index (χ1n) is 13.6. The van der Waals surface area contributed by atoms with Crippen molar-refractivity contribution in [1.29, 1.82) is 0 Å². The maximum atomic E-state index is 12.9. The fraction of sp³-hybridized carbons (Fsp3) is 0.367. The first kappa shape index (κ1) is 32.9. The second-order valence-corrected chi connectivity index (χ2v) is 12.9. The second-order valence-electron chi connectivity index (χ2n) is 10.2. The zero-order valence-electron chi connectivity index (χ0n) is 23.3. The molecular formula is C30H38BrClN4O4S. The molecule has 0 bridgehead atoms. The third-order valence-corrected chi connectivity index (χ3v) is 7.89. The van der Waals surface area contributed by atoms with Gasteiger partial charge in [0.1, 0.15) is 11.5 Å². The highest BCUT2D eigenvalue weighted by Crippen LogP contribution is 2.25. The molecule has 1 heterocycles. The molecular weight excluding hydrogens is 628 g/mol. The number of carbonyl (C=O) groups is 1. The molecule has 1 saturated heterocycles. The zero-order chi connectivity index (χ0) is 28.5. The molecule has 41 heavy (non-hydrogen) atoms. The highest BCUT2D eigenvalue weighted by Gasteiger charge is 2.25. The summed E-state index contributed by atoms with van der Waals surface area (Å²) < 4.78 is 32.0. The number of hydrogen-bond donors (Lipinski definition) is 3. The third-order valence-electron chi connectivity index (χ3n) is 6.75. The lowest BCUT2D eigenvalue weighted by atomic mass is 10.0. The molecule has 1 amide bonds. The number of likely N-dealkylation sites (tertiary alicyclic amines) is 1. The molecule has 1 aliphatic rings. The first-order chi connectivity index (χ1) is 19.2. The Balaban J connectivity index is 0.00000462. The van der Waals surface area contributed by atoms with E-state index >= 15 is 0 Å². The average molecular weight is 666 g/mol. The summed E-state index contributed by atoms with van der Waals surface area (Å²) in [6, 6.07) is 22.6. The summed E-state index contributed by atoms with van der Waals surface area (Å²) in [5.74, 6) is 1.38. The molecule has 0 aromatic heterocycles. The minimum absolute atomic E-state index is 0. The molecule has 0 saturated carbocycles. The van der Waals surface area contributed by atoms with Gasteiger partial charge in [-0.3, -0.25) is 14.4 Å². The summed E-state index contributed by atoms with van der Waals surface area (Å²) in [5, 5.41) is 6.67. The maximum absolute atomic E-state index is 12.9. The summed E-state index contributed by atoms with van der Waals surface area (Å²) in [4.78, 5) is 15.4. The SMILES string of the molecule is CCCC(NC1CCN(Cc2ccc(Oc3ccc(NS(C)(=O)=O)cc3)cc2)CC1)C(=O)Nc1ccc(Br)cc1.Cl. The number of halogens is 2. The lowest BCUT2D eigenvalue weighted by Crippen LogP contribution is -2.50. The maximum Gasteiger partial charge on any atom is 0.241 e. The number of rotatable bonds is 12. The third kappa shape index (κ3) is 10.9. The summed E-state index contributed by atoms with van der Waals surface area (Å²) in [6.45, 7) is 4.91. The van der Waals surface area contributed by atoms with Crippen LogP contribution >= 0.6 is 28.3 Å². The number of anilines is 2. The molecule has 1 atom stereocenters. The Kier molecular flexibility index (Phi) is 12.5. The van der Waals surface area contributed by atoms with E-state index in [1.165, 1.54) is 5.56 Å². The highest BCUT2D eigenvalue weighted by molar-refractivity contribution is 9.10. The van der Waals surface area contributed by atoms with Crippen LogP contribution in [0.4, 0.5) is 11.4 Å². The molecule has 8 nitrogen and oxygen atoms in total. The van der Waals surface area contributed by atoms with Gasteiger partial charge in [0.15, 0.2) is 0 Å². The van der Waals surface area contributed by atoms with Crippen molar-refractivity contribution < 1.29 is 17.9 Å². The number of carbonyl (C=O) groups excluding carboxylic acids is 1. The van der Waals surface area contributed by atoms with Gasteiger partial charge in [-0.1, -0.05) is 41.4 Å². The molecule has 0 aliphatic carbocycles. The van der Waals surface area contributed by atoms with E-state index in [1.807, 2.05) is 36.4 Å². The normalized spacial score (nSPS) is 15.0. The van der Waals surface area contributed by atoms with Crippen molar-refractivity contribution in [3.63, 3.8) is 0 Å². The van der Waals surface area contributed by atoms with Gasteiger partial charge in [-0.05, 0) is 98.6 Å². The number of nitrogens with one attached hydrogen (secondary N) is 3. The Labute approximate surface area is 257 Å². The first-order valence-corrected chi connectivity index (χ1v) is 16.2. The lowest BCUT2D eigenvalue weighted by Gasteiger charge is -2.34. The number of nitrogens with zero attached hydrogens (tertiary/aromatic N) is 1. The molecule has 1 fully saturated rings. The predicted octanol–water partition coefficient (Wildman–Crippen LogP) is 6.40. The van der Waals surface area contributed by atoms with E-state index in [2.05, 4.69) is 55.2 Å². The van der Waals surface area contributed by atoms with Crippen LogP contribution in [0, 0.1) is 0 Å². The molecule has 11 heteroatoms. The van der Waals surface area contributed by atoms with Crippen molar-refractivity contribution in [3.05, 3.63) is 82.8 Å². The zero-order valence-corrected chi connectivity index (χ0v) is 26.5. The molecule has 0 radical (unpaired) electrons. The van der Waals surface area contributed by atoms with E-state index in [-0.39, 0.29) is 24.4 Å². The quantitative estimate of drug-likeness (QED) is 0.207. The minimum Gasteiger partial charge on any atom is -0.457 e. The Morgan fingerprint density at radius 3 is 2.07 bits per heavy atom. The highest BCUT2D eigenvalue weighted by atomic mass is 79.9. The van der Waals surface area contributed by atoms with Crippen LogP contribution < -0.4 is 20.1 Å². The number of ether oxygens (including phenoxy) is 1. The summed E-state index contributed by atoms with van der Waals surface area (Å²) in [7, 11) is -3.31. The van der Waals surface area contributed by atoms with E-state index < -0.39 is 10.0 Å². The van der Waals surface area contributed by atoms with Gasteiger partial charge >= 0.3 is 0 Å². The van der Waals surface area contributed by atoms with Crippen molar-refractivity contribution in [1.82, 2.24) is 10.2 Å². The molecule has 1 unspecified atom stereocenters. The summed E-state index contributed by atoms with van der Waals surface area (Å²) in [6.07, 6.45) is 4.86. The van der Waals surface area contributed by atoms with E-state index in [1.54, 1.807) is 24.3 Å². The molecule has 0 spiro atoms. The van der Waals surface area contributed by atoms with Crippen LogP contribution in [0.25, 0.3) is 0 Å². The van der Waals surface area contributed by atoms with Crippen LogP contribution in [0.1, 0.15) is 38.2 Å². The Morgan fingerprint density at radius 1 is 0.951 bits per heavy atom. The second kappa shape index (κ2) is 15.6. The largest absolute Gasteiger partial charge is 0.457 e. The van der Waals surface area contributed by atoms with Crippen molar-refractivity contribution >= 4 is 55.6 Å². The summed E-state index contributed by atoms with van der Waals surface area (Å²) >= 11 is 3.43. The van der Waals surface area contributed by atoms with Gasteiger partial charge in [-0.15, -0.1) is 12.4 Å². The monoisotopic (exact) mass is 664 g/mol. The lowest BCUT2D eigenvalue weighted by molar-refractivity contribution is -0.118. The van der Waals surface area contributed by atoms with Gasteiger partial charge in [-0.25, -0.2) is 8.42 Å². The predicted molar refractivity (Wildman–Crippen MR) is 172 cm³/mol. The van der Waals surface area contributed by atoms with E-state index in [0.29, 0.717) is 17.5 Å². The van der Waals surface area contributed by atoms with E-state index in [9.17, 15) is 13.2 Å². The van der Waals surface area contributed by atoms with Crippen molar-refractivity contribution in [3.8, 4) is 11.5 Å². The van der Waals surface area contributed by atoms with Crippen molar-refractivity contribution in [2.75, 3.05) is 29.4 Å². The smallest absolute Gasteiger partial charge is 0.241 e. The Bertz CT molecular complexity index is 1350. The van der Waals surface area contributed by atoms with Gasteiger partial charge in [-0.2, -0.15) is 0 Å². The molecule has 222 valence electrons. The van der Waals surface area contributed by atoms with Gasteiger partial charge < -0.3 is 15.4 Å². The van der Waals surface area contributed by atoms with Crippen molar-refractivity contribution in [2.45, 2.75) is 51.2 Å². The van der Waals surface area contributed by atoms with Crippen molar-refractivity contribution in [2.24, 2.45) is 0 Å². The van der Waals surface area contributed by atoms with Gasteiger partial charge in [0.2, 0.25) is 15.9 Å².